The van der Waals surface area contributed by atoms with Crippen LogP contribution in [0.2, 0.25) is 0 Å². The van der Waals surface area contributed by atoms with E-state index in [1.807, 2.05) is 0 Å². The van der Waals surface area contributed by atoms with Crippen molar-refractivity contribution in [1.82, 2.24) is 0 Å². The lowest BCUT2D eigenvalue weighted by Gasteiger charge is -2.50. The van der Waals surface area contributed by atoms with E-state index >= 15 is 0 Å². The van der Waals surface area contributed by atoms with Crippen molar-refractivity contribution >= 4 is 11.9 Å². The normalized spacial score (nSPS) is 47.8. The monoisotopic (exact) mass is 780 g/mol. The van der Waals surface area contributed by atoms with Crippen molar-refractivity contribution in [3.8, 4) is 0 Å². The van der Waals surface area contributed by atoms with Gasteiger partial charge in [-0.1, -0.05) is 0 Å². The lowest BCUT2D eigenvalue weighted by Crippen LogP contribution is -2.68. The number of aliphatic hydroxyl groups excluding tert-OH is 12. The first-order valence-corrected chi connectivity index (χ1v) is 16.3. The SMILES string of the molecule is N[C@@H]1[C@@H](O)[C@H](O)[C@@H](CO[C@@H]2O[C@H](CO[C@]3(C(=O)O)C[C@@H](O[C@]4(C(=O)O)C[C@@H](O)[C@@H](O)[C@@H]([C@@H](O)CO)O4)[C@@H](O)[C@@H]([C@@H](O)CO)O3)[C@@H](O)[C@H](O)[C@H]2N)O[C@H]1O. The molecule has 53 heavy (non-hydrogen) atoms. The van der Waals surface area contributed by atoms with E-state index in [2.05, 4.69) is 0 Å². The van der Waals surface area contributed by atoms with E-state index in [1.54, 1.807) is 0 Å². The van der Waals surface area contributed by atoms with Gasteiger partial charge in [0.25, 0.3) is 11.6 Å². The van der Waals surface area contributed by atoms with Crippen LogP contribution in [0.5, 0.6) is 0 Å². The Hall–Kier alpha value is -1.90. The van der Waals surface area contributed by atoms with Gasteiger partial charge in [0.1, 0.15) is 73.2 Å². The van der Waals surface area contributed by atoms with Gasteiger partial charge in [-0.15, -0.1) is 0 Å². The molecule has 25 nitrogen and oxygen atoms in total. The Kier molecular flexibility index (Phi) is 14.5. The summed E-state index contributed by atoms with van der Waals surface area (Å²) in [5.41, 5.74) is 11.5. The highest BCUT2D eigenvalue weighted by molar-refractivity contribution is 5.77. The standard InChI is InChI=1S/C28H48N2O23/c29-13-19(40)16(37)11(49-23(13)42)5-47-24-14(30)20(41)17(38)12(50-24)6-48-27(25(43)44)2-10(18(39)22(52-27)9(35)4-32)51-28(26(45)46)1-7(33)15(36)21(53-28)8(34)3-31/h7-24,31-42H,1-6,29-30H2,(H,43,44)(H,45,46)/t7-,8+,9+,10-,11-,12-,13-,14-,15-,16-,17-,18-,19-,20-,21-,22-,23-,24-,27-,28-/m1/s1. The number of carboxylic acids is 2. The fraction of sp³-hybridized carbons (Fsp3) is 0.929. The van der Waals surface area contributed by atoms with Crippen molar-refractivity contribution < 1.29 is 114 Å². The highest BCUT2D eigenvalue weighted by Gasteiger charge is 2.61. The zero-order valence-electron chi connectivity index (χ0n) is 27.7. The van der Waals surface area contributed by atoms with Crippen LogP contribution >= 0.6 is 0 Å². The highest BCUT2D eigenvalue weighted by atomic mass is 16.8. The van der Waals surface area contributed by atoms with Crippen molar-refractivity contribution in [2.24, 2.45) is 11.5 Å². The maximum atomic E-state index is 12.8. The molecule has 4 aliphatic rings. The summed E-state index contributed by atoms with van der Waals surface area (Å²) in [4.78, 5) is 25.3. The summed E-state index contributed by atoms with van der Waals surface area (Å²) < 4.78 is 38.0. The number of aliphatic carboxylic acids is 2. The number of aliphatic hydroxyl groups is 12. The van der Waals surface area contributed by atoms with E-state index in [1.165, 1.54) is 0 Å². The molecule has 0 saturated carbocycles. The number of carboxylic acid groups (broad SMARTS) is 2. The van der Waals surface area contributed by atoms with Gasteiger partial charge in [0.05, 0.1) is 50.7 Å². The molecular weight excluding hydrogens is 732 g/mol. The number of ether oxygens (including phenoxy) is 7. The molecule has 20 atom stereocenters. The maximum Gasteiger partial charge on any atom is 0.364 e. The van der Waals surface area contributed by atoms with Gasteiger partial charge in [-0.3, -0.25) is 0 Å². The summed E-state index contributed by atoms with van der Waals surface area (Å²) in [6, 6.07) is -2.86. The Balaban J connectivity index is 1.57. The minimum Gasteiger partial charge on any atom is -0.477 e. The molecule has 0 radical (unpaired) electrons. The Morgan fingerprint density at radius 3 is 1.74 bits per heavy atom. The summed E-state index contributed by atoms with van der Waals surface area (Å²) in [6.07, 6.45) is -32.1. The lowest BCUT2D eigenvalue weighted by atomic mass is 9.90. The quantitative estimate of drug-likeness (QED) is 0.0778. The third-order valence-electron chi connectivity index (χ3n) is 9.60. The Bertz CT molecular complexity index is 1240. The van der Waals surface area contributed by atoms with Gasteiger partial charge in [-0.2, -0.15) is 0 Å². The Morgan fingerprint density at radius 2 is 1.19 bits per heavy atom. The molecule has 4 saturated heterocycles. The molecule has 25 heteroatoms. The van der Waals surface area contributed by atoms with Crippen LogP contribution < -0.4 is 11.5 Å². The Labute approximate surface area is 298 Å². The van der Waals surface area contributed by atoms with E-state index < -0.39 is 173 Å². The second kappa shape index (κ2) is 17.5. The molecule has 4 fully saturated rings. The van der Waals surface area contributed by atoms with Crippen LogP contribution in [0.3, 0.4) is 0 Å². The van der Waals surface area contributed by atoms with Crippen molar-refractivity contribution in [2.45, 2.75) is 135 Å². The van der Waals surface area contributed by atoms with E-state index in [4.69, 9.17) is 44.6 Å². The molecule has 18 N–H and O–H groups in total. The van der Waals surface area contributed by atoms with Crippen LogP contribution in [0.15, 0.2) is 0 Å². The molecule has 4 rings (SSSR count). The molecular formula is C28H48N2O23. The number of rotatable bonds is 14. The van der Waals surface area contributed by atoms with Crippen LogP contribution in [0.1, 0.15) is 12.8 Å². The van der Waals surface area contributed by atoms with Crippen molar-refractivity contribution in [2.75, 3.05) is 26.4 Å². The van der Waals surface area contributed by atoms with E-state index in [0.717, 1.165) is 0 Å². The molecule has 0 aliphatic carbocycles. The van der Waals surface area contributed by atoms with Crippen LogP contribution in [-0.2, 0) is 42.7 Å². The van der Waals surface area contributed by atoms with Gasteiger partial charge >= 0.3 is 11.9 Å². The van der Waals surface area contributed by atoms with Gasteiger partial charge in [0, 0.05) is 12.8 Å². The van der Waals surface area contributed by atoms with Crippen LogP contribution in [0.4, 0.5) is 0 Å². The minimum absolute atomic E-state index is 0.633. The highest BCUT2D eigenvalue weighted by Crippen LogP contribution is 2.40. The van der Waals surface area contributed by atoms with Gasteiger partial charge in [-0.05, 0) is 0 Å². The topological polar surface area (TPSA) is 434 Å². The third-order valence-corrected chi connectivity index (χ3v) is 9.60. The molecule has 0 unspecified atom stereocenters. The molecule has 0 aromatic heterocycles. The average Bonchev–Trinajstić information content (AvgIpc) is 3.12. The summed E-state index contributed by atoms with van der Waals surface area (Å²) >= 11 is 0. The largest absolute Gasteiger partial charge is 0.477 e. The van der Waals surface area contributed by atoms with Gasteiger partial charge in [0.2, 0.25) is 0 Å². The molecule has 308 valence electrons. The molecule has 0 aromatic rings. The first kappa shape index (κ1) is 43.8. The predicted molar refractivity (Wildman–Crippen MR) is 160 cm³/mol. The predicted octanol–water partition coefficient (Wildman–Crippen LogP) is -10.1. The second-order valence-corrected chi connectivity index (χ2v) is 13.3. The second-order valence-electron chi connectivity index (χ2n) is 13.3. The first-order valence-electron chi connectivity index (χ1n) is 16.3. The first-order chi connectivity index (χ1) is 24.7. The Morgan fingerprint density at radius 1 is 0.679 bits per heavy atom. The summed E-state index contributed by atoms with van der Waals surface area (Å²) in [5, 5.41) is 143. The minimum atomic E-state index is -3.05. The van der Waals surface area contributed by atoms with E-state index in [-0.39, 0.29) is 0 Å². The maximum absolute atomic E-state index is 12.8. The van der Waals surface area contributed by atoms with Crippen molar-refractivity contribution in [3.05, 3.63) is 0 Å². The number of carbonyl (C=O) groups is 2. The molecule has 0 amide bonds. The fourth-order valence-corrected chi connectivity index (χ4v) is 6.37. The smallest absolute Gasteiger partial charge is 0.364 e. The van der Waals surface area contributed by atoms with E-state index in [0.29, 0.717) is 0 Å². The average molecular weight is 781 g/mol. The van der Waals surface area contributed by atoms with Crippen molar-refractivity contribution in [3.63, 3.8) is 0 Å². The molecule has 4 aliphatic heterocycles. The van der Waals surface area contributed by atoms with Crippen LogP contribution in [0, 0.1) is 0 Å². The third kappa shape index (κ3) is 8.90. The molecule has 0 spiro atoms. The van der Waals surface area contributed by atoms with E-state index in [9.17, 15) is 81.1 Å². The lowest BCUT2D eigenvalue weighted by molar-refractivity contribution is -0.378. The zero-order valence-corrected chi connectivity index (χ0v) is 27.7. The number of hydrogen-bond donors (Lipinski definition) is 16. The van der Waals surface area contributed by atoms with Gasteiger partial charge in [-0.25, -0.2) is 9.59 Å². The van der Waals surface area contributed by atoms with Crippen LogP contribution in [0.25, 0.3) is 0 Å². The van der Waals surface area contributed by atoms with Gasteiger partial charge in [0.15, 0.2) is 12.6 Å². The number of nitrogens with two attached hydrogens (primary N) is 2. The number of hydrogen-bond acceptors (Lipinski definition) is 23. The molecule has 0 aromatic carbocycles. The van der Waals surface area contributed by atoms with Crippen LogP contribution in [-0.4, -0.2) is 232 Å². The summed E-state index contributed by atoms with van der Waals surface area (Å²) in [7, 11) is 0. The zero-order chi connectivity index (χ0) is 39.7. The molecule has 4 heterocycles. The fourth-order valence-electron chi connectivity index (χ4n) is 6.37. The van der Waals surface area contributed by atoms with Gasteiger partial charge < -0.3 is 116 Å². The summed E-state index contributed by atoms with van der Waals surface area (Å²) in [5.74, 6) is -10.1. The summed E-state index contributed by atoms with van der Waals surface area (Å²) in [6.45, 7) is -3.89. The van der Waals surface area contributed by atoms with Crippen molar-refractivity contribution in [1.29, 1.82) is 0 Å². The molecule has 0 bridgehead atoms.